The fraction of sp³-hybridized carbons (Fsp3) is 0.300. The van der Waals surface area contributed by atoms with Gasteiger partial charge in [-0.15, -0.1) is 0 Å². The lowest BCUT2D eigenvalue weighted by Crippen LogP contribution is -2.16. The van der Waals surface area contributed by atoms with Crippen molar-refractivity contribution in [2.45, 2.75) is 13.3 Å². The van der Waals surface area contributed by atoms with E-state index in [0.29, 0.717) is 5.56 Å². The van der Waals surface area contributed by atoms with Crippen molar-refractivity contribution in [3.63, 3.8) is 0 Å². The highest BCUT2D eigenvalue weighted by atomic mass is 19.1. The molecule has 0 saturated heterocycles. The predicted octanol–water partition coefficient (Wildman–Crippen LogP) is 1.60. The molecule has 0 aliphatic carbocycles. The topological polar surface area (TPSA) is 47.6 Å². The Kier molecular flexibility index (Phi) is 3.45. The molecule has 1 aromatic rings. The molecule has 0 aromatic heterocycles. The van der Waals surface area contributed by atoms with E-state index in [2.05, 4.69) is 9.99 Å². The van der Waals surface area contributed by atoms with Crippen LogP contribution in [-0.2, 0) is 11.3 Å². The molecule has 0 atom stereocenters. The van der Waals surface area contributed by atoms with Crippen LogP contribution in [0.15, 0.2) is 23.4 Å². The van der Waals surface area contributed by atoms with Crippen molar-refractivity contribution in [1.29, 1.82) is 0 Å². The fourth-order valence-corrected chi connectivity index (χ4v) is 1.22. The van der Waals surface area contributed by atoms with Gasteiger partial charge in [-0.2, -0.15) is 0 Å². The summed E-state index contributed by atoms with van der Waals surface area (Å²) in [6.07, 6.45) is 0.270. The van der Waals surface area contributed by atoms with Gasteiger partial charge in [-0.3, -0.25) is 0 Å². The molecule has 4 heteroatoms. The Hall–Kier alpha value is -1.58. The van der Waals surface area contributed by atoms with Gasteiger partial charge < -0.3 is 10.6 Å². The van der Waals surface area contributed by atoms with Gasteiger partial charge in [0.2, 0.25) is 0 Å². The van der Waals surface area contributed by atoms with Crippen LogP contribution < -0.4 is 5.73 Å². The lowest BCUT2D eigenvalue weighted by atomic mass is 10.0. The molecule has 14 heavy (non-hydrogen) atoms. The van der Waals surface area contributed by atoms with Gasteiger partial charge >= 0.3 is 0 Å². The molecule has 0 unspecified atom stereocenters. The first kappa shape index (κ1) is 10.5. The Bertz CT molecular complexity index is 330. The van der Waals surface area contributed by atoms with E-state index in [1.807, 2.05) is 13.0 Å². The second-order valence-electron chi connectivity index (χ2n) is 2.98. The number of benzene rings is 1. The van der Waals surface area contributed by atoms with Gasteiger partial charge in [0, 0.05) is 6.42 Å². The van der Waals surface area contributed by atoms with E-state index in [-0.39, 0.29) is 18.1 Å². The van der Waals surface area contributed by atoms with Gasteiger partial charge in [0.15, 0.2) is 0 Å². The third kappa shape index (κ3) is 2.45. The van der Waals surface area contributed by atoms with Crippen LogP contribution in [0.25, 0.3) is 0 Å². The maximum absolute atomic E-state index is 13.3. The molecule has 0 heterocycles. The van der Waals surface area contributed by atoms with Crippen molar-refractivity contribution < 1.29 is 9.23 Å². The first-order valence-electron chi connectivity index (χ1n) is 4.24. The lowest BCUT2D eigenvalue weighted by molar-refractivity contribution is 0.212. The Morgan fingerprint density at radius 3 is 2.86 bits per heavy atom. The molecule has 0 bridgehead atoms. The number of hydrogen-bond donors (Lipinski definition) is 1. The van der Waals surface area contributed by atoms with Crippen LogP contribution in [0.4, 0.5) is 4.39 Å². The minimum absolute atomic E-state index is 0.265. The Balaban J connectivity index is 2.91. The molecule has 0 aliphatic rings. The predicted molar refractivity (Wildman–Crippen MR) is 53.5 cm³/mol. The summed E-state index contributed by atoms with van der Waals surface area (Å²) in [7, 11) is 1.40. The molecule has 0 fully saturated rings. The average molecular weight is 196 g/mol. The van der Waals surface area contributed by atoms with Crippen molar-refractivity contribution in [3.8, 4) is 0 Å². The second kappa shape index (κ2) is 4.60. The molecular formula is C10H13FN2O. The summed E-state index contributed by atoms with van der Waals surface area (Å²) < 4.78 is 13.3. The maximum Gasteiger partial charge on any atom is 0.143 e. The molecular weight excluding hydrogens is 183 g/mol. The summed E-state index contributed by atoms with van der Waals surface area (Å²) in [6, 6.07) is 4.90. The molecule has 76 valence electrons. The van der Waals surface area contributed by atoms with E-state index < -0.39 is 0 Å². The molecule has 1 rings (SSSR count). The van der Waals surface area contributed by atoms with Crippen molar-refractivity contribution in [3.05, 3.63) is 35.1 Å². The molecule has 2 N–H and O–H groups in total. The van der Waals surface area contributed by atoms with Gasteiger partial charge in [0.1, 0.15) is 18.8 Å². The fourth-order valence-electron chi connectivity index (χ4n) is 1.22. The van der Waals surface area contributed by atoms with Gasteiger partial charge in [0.25, 0.3) is 0 Å². The molecule has 3 nitrogen and oxygen atoms in total. The standard InChI is InChI=1S/C10H13FN2O/c1-7-4-3-5-9(11)8(7)6-10(12)13-14-2/h3-5H,6H2,1-2H3,(H2,12,13). The smallest absolute Gasteiger partial charge is 0.143 e. The Labute approximate surface area is 82.4 Å². The Morgan fingerprint density at radius 1 is 1.57 bits per heavy atom. The number of rotatable bonds is 3. The van der Waals surface area contributed by atoms with Crippen molar-refractivity contribution in [2.24, 2.45) is 10.9 Å². The zero-order valence-corrected chi connectivity index (χ0v) is 8.25. The molecule has 1 aromatic carbocycles. The van der Waals surface area contributed by atoms with Crippen LogP contribution in [0.1, 0.15) is 11.1 Å². The molecule has 0 saturated carbocycles. The molecule has 0 radical (unpaired) electrons. The number of oxime groups is 1. The van der Waals surface area contributed by atoms with Crippen LogP contribution in [0.3, 0.4) is 0 Å². The highest BCUT2D eigenvalue weighted by molar-refractivity contribution is 5.82. The van der Waals surface area contributed by atoms with Gasteiger partial charge in [0.05, 0.1) is 0 Å². The van der Waals surface area contributed by atoms with Crippen LogP contribution in [0.5, 0.6) is 0 Å². The normalized spacial score (nSPS) is 11.5. The first-order chi connectivity index (χ1) is 6.65. The third-order valence-corrected chi connectivity index (χ3v) is 1.92. The van der Waals surface area contributed by atoms with Crippen LogP contribution in [-0.4, -0.2) is 12.9 Å². The van der Waals surface area contributed by atoms with Gasteiger partial charge in [-0.05, 0) is 24.1 Å². The quantitative estimate of drug-likeness (QED) is 0.453. The van der Waals surface area contributed by atoms with E-state index in [4.69, 9.17) is 5.73 Å². The van der Waals surface area contributed by atoms with Crippen molar-refractivity contribution >= 4 is 5.84 Å². The van der Waals surface area contributed by atoms with Crippen molar-refractivity contribution in [1.82, 2.24) is 0 Å². The van der Waals surface area contributed by atoms with Gasteiger partial charge in [-0.1, -0.05) is 17.3 Å². The minimum atomic E-state index is -0.265. The second-order valence-corrected chi connectivity index (χ2v) is 2.98. The number of nitrogens with two attached hydrogens (primary N) is 1. The zero-order valence-electron chi connectivity index (χ0n) is 8.25. The van der Waals surface area contributed by atoms with E-state index in [9.17, 15) is 4.39 Å². The van der Waals surface area contributed by atoms with Crippen molar-refractivity contribution in [2.75, 3.05) is 7.11 Å². The van der Waals surface area contributed by atoms with E-state index in [0.717, 1.165) is 5.56 Å². The van der Waals surface area contributed by atoms with E-state index in [1.165, 1.54) is 13.2 Å². The summed E-state index contributed by atoms with van der Waals surface area (Å²) in [5.74, 6) is -0.0000435. The average Bonchev–Trinajstić information content (AvgIpc) is 2.12. The van der Waals surface area contributed by atoms with E-state index >= 15 is 0 Å². The summed E-state index contributed by atoms with van der Waals surface area (Å²) in [4.78, 5) is 4.50. The number of halogens is 1. The highest BCUT2D eigenvalue weighted by Gasteiger charge is 2.06. The lowest BCUT2D eigenvalue weighted by Gasteiger charge is -2.05. The van der Waals surface area contributed by atoms with Crippen LogP contribution in [0.2, 0.25) is 0 Å². The highest BCUT2D eigenvalue weighted by Crippen LogP contribution is 2.12. The van der Waals surface area contributed by atoms with Gasteiger partial charge in [-0.25, -0.2) is 4.39 Å². The number of nitrogens with zero attached hydrogens (tertiary/aromatic N) is 1. The SMILES string of the molecule is CO/N=C(\N)Cc1c(C)cccc1F. The first-order valence-corrected chi connectivity index (χ1v) is 4.24. The molecule has 0 spiro atoms. The summed E-state index contributed by atoms with van der Waals surface area (Å²) >= 11 is 0. The number of hydrogen-bond acceptors (Lipinski definition) is 2. The summed E-state index contributed by atoms with van der Waals surface area (Å²) in [6.45, 7) is 1.83. The maximum atomic E-state index is 13.3. The third-order valence-electron chi connectivity index (χ3n) is 1.92. The zero-order chi connectivity index (χ0) is 10.6. The summed E-state index contributed by atoms with van der Waals surface area (Å²) in [5, 5.41) is 3.53. The minimum Gasteiger partial charge on any atom is -0.398 e. The molecule has 0 aliphatic heterocycles. The van der Waals surface area contributed by atoms with Crippen LogP contribution >= 0.6 is 0 Å². The number of amidine groups is 1. The largest absolute Gasteiger partial charge is 0.398 e. The number of aryl methyl sites for hydroxylation is 1. The van der Waals surface area contributed by atoms with Crippen LogP contribution in [0, 0.1) is 12.7 Å². The Morgan fingerprint density at radius 2 is 2.29 bits per heavy atom. The van der Waals surface area contributed by atoms with E-state index in [1.54, 1.807) is 6.07 Å². The summed E-state index contributed by atoms with van der Waals surface area (Å²) in [5.41, 5.74) is 6.93. The molecule has 0 amide bonds. The monoisotopic (exact) mass is 196 g/mol.